The van der Waals surface area contributed by atoms with Crippen LogP contribution in [-0.4, -0.2) is 31.7 Å². The molecule has 0 radical (unpaired) electrons. The standard InChI is InChI=1S/C28H25Cl3N4O3S/c1-18-7-9-27(10-8-18)39(37,38)34(26-14-23(30)12-24(31)15-26)17-28(36)33-32-16-21-11-19(2)35(20(21)3)25-6-4-5-22(29)13-25/h4-16H,17H2,1-3H3,(H,33,36)/b32-16-. The lowest BCUT2D eigenvalue weighted by Crippen LogP contribution is -2.39. The maximum Gasteiger partial charge on any atom is 0.264 e. The summed E-state index contributed by atoms with van der Waals surface area (Å²) in [6, 6.07) is 20.1. The fourth-order valence-electron chi connectivity index (χ4n) is 4.11. The summed E-state index contributed by atoms with van der Waals surface area (Å²) in [5.41, 5.74) is 7.00. The van der Waals surface area contributed by atoms with E-state index in [9.17, 15) is 13.2 Å². The highest BCUT2D eigenvalue weighted by Crippen LogP contribution is 2.30. The van der Waals surface area contributed by atoms with Crippen molar-refractivity contribution < 1.29 is 13.2 Å². The molecule has 39 heavy (non-hydrogen) atoms. The summed E-state index contributed by atoms with van der Waals surface area (Å²) in [7, 11) is -4.13. The van der Waals surface area contributed by atoms with Crippen LogP contribution in [0.2, 0.25) is 15.1 Å². The predicted molar refractivity (Wildman–Crippen MR) is 158 cm³/mol. The second kappa shape index (κ2) is 11.8. The number of nitrogens with zero attached hydrogens (tertiary/aromatic N) is 3. The number of carbonyl (C=O) groups excluding carboxylic acids is 1. The molecule has 1 N–H and O–H groups in total. The molecule has 3 aromatic carbocycles. The lowest BCUT2D eigenvalue weighted by atomic mass is 10.2. The molecule has 4 aromatic rings. The lowest BCUT2D eigenvalue weighted by molar-refractivity contribution is -0.119. The van der Waals surface area contributed by atoms with Gasteiger partial charge in [-0.1, -0.05) is 58.6 Å². The molecule has 0 spiro atoms. The van der Waals surface area contributed by atoms with Crippen LogP contribution in [-0.2, 0) is 14.8 Å². The fraction of sp³-hybridized carbons (Fsp3) is 0.143. The normalized spacial score (nSPS) is 11.6. The predicted octanol–water partition coefficient (Wildman–Crippen LogP) is 6.71. The van der Waals surface area contributed by atoms with Crippen LogP contribution >= 0.6 is 34.8 Å². The monoisotopic (exact) mass is 602 g/mol. The van der Waals surface area contributed by atoms with Crippen molar-refractivity contribution in [2.24, 2.45) is 5.10 Å². The van der Waals surface area contributed by atoms with Gasteiger partial charge in [-0.25, -0.2) is 13.8 Å². The Morgan fingerprint density at radius 2 is 1.59 bits per heavy atom. The molecule has 0 unspecified atom stereocenters. The fourth-order valence-corrected chi connectivity index (χ4v) is 6.21. The van der Waals surface area contributed by atoms with Gasteiger partial charge in [0.1, 0.15) is 6.54 Å². The molecule has 11 heteroatoms. The Balaban J connectivity index is 1.58. The van der Waals surface area contributed by atoms with E-state index in [1.54, 1.807) is 18.2 Å². The van der Waals surface area contributed by atoms with Crippen molar-refractivity contribution in [3.8, 4) is 5.69 Å². The van der Waals surface area contributed by atoms with Gasteiger partial charge in [-0.2, -0.15) is 5.10 Å². The molecule has 0 aliphatic carbocycles. The first-order valence-electron chi connectivity index (χ1n) is 11.8. The van der Waals surface area contributed by atoms with Crippen LogP contribution in [0.1, 0.15) is 22.5 Å². The summed E-state index contributed by atoms with van der Waals surface area (Å²) < 4.78 is 30.1. The number of rotatable bonds is 8. The van der Waals surface area contributed by atoms with Crippen LogP contribution in [0.3, 0.4) is 0 Å². The maximum atomic E-state index is 13.6. The van der Waals surface area contributed by atoms with Gasteiger partial charge in [0, 0.05) is 37.7 Å². The molecule has 0 saturated carbocycles. The molecular weight excluding hydrogens is 579 g/mol. The van der Waals surface area contributed by atoms with Crippen LogP contribution in [0.25, 0.3) is 5.69 Å². The minimum absolute atomic E-state index is 0.0222. The van der Waals surface area contributed by atoms with Gasteiger partial charge in [0.05, 0.1) is 16.8 Å². The number of aromatic nitrogens is 1. The van der Waals surface area contributed by atoms with E-state index in [2.05, 4.69) is 10.5 Å². The van der Waals surface area contributed by atoms with E-state index in [-0.39, 0.29) is 20.6 Å². The minimum atomic E-state index is -4.13. The topological polar surface area (TPSA) is 83.8 Å². The second-order valence-corrected chi connectivity index (χ2v) is 12.1. The van der Waals surface area contributed by atoms with Gasteiger partial charge in [0.15, 0.2) is 0 Å². The van der Waals surface area contributed by atoms with E-state index in [1.807, 2.05) is 49.6 Å². The first kappa shape index (κ1) is 28.7. The van der Waals surface area contributed by atoms with Gasteiger partial charge in [-0.15, -0.1) is 0 Å². The average Bonchev–Trinajstić information content (AvgIpc) is 3.14. The third-order valence-corrected chi connectivity index (χ3v) is 8.42. The van der Waals surface area contributed by atoms with Gasteiger partial charge in [-0.3, -0.25) is 9.10 Å². The lowest BCUT2D eigenvalue weighted by Gasteiger charge is -2.24. The van der Waals surface area contributed by atoms with Gasteiger partial charge in [-0.05, 0) is 75.4 Å². The van der Waals surface area contributed by atoms with Crippen molar-refractivity contribution >= 4 is 62.6 Å². The Morgan fingerprint density at radius 1 is 0.923 bits per heavy atom. The highest BCUT2D eigenvalue weighted by molar-refractivity contribution is 7.92. The number of sulfonamides is 1. The molecule has 0 aliphatic heterocycles. The third-order valence-electron chi connectivity index (χ3n) is 5.96. The summed E-state index contributed by atoms with van der Waals surface area (Å²) in [5, 5.41) is 5.16. The van der Waals surface area contributed by atoms with Gasteiger partial charge < -0.3 is 4.57 Å². The molecule has 0 bridgehead atoms. The number of benzene rings is 3. The van der Waals surface area contributed by atoms with E-state index in [1.165, 1.54) is 36.5 Å². The van der Waals surface area contributed by atoms with Crippen LogP contribution in [0.15, 0.2) is 82.8 Å². The van der Waals surface area contributed by atoms with Gasteiger partial charge >= 0.3 is 0 Å². The molecule has 0 fully saturated rings. The Labute approximate surface area is 242 Å². The van der Waals surface area contributed by atoms with Crippen molar-refractivity contribution in [3.63, 3.8) is 0 Å². The number of nitrogens with one attached hydrogen (secondary N) is 1. The molecule has 0 atom stereocenters. The molecule has 4 rings (SSSR count). The summed E-state index contributed by atoms with van der Waals surface area (Å²) in [4.78, 5) is 12.9. The minimum Gasteiger partial charge on any atom is -0.318 e. The van der Waals surface area contributed by atoms with E-state index in [0.29, 0.717) is 5.02 Å². The Hall–Kier alpha value is -3.30. The van der Waals surface area contributed by atoms with Crippen LogP contribution < -0.4 is 9.73 Å². The molecule has 1 heterocycles. The van der Waals surface area contributed by atoms with E-state index < -0.39 is 22.5 Å². The Kier molecular flexibility index (Phi) is 8.71. The molecule has 0 aliphatic rings. The van der Waals surface area contributed by atoms with Crippen molar-refractivity contribution in [1.29, 1.82) is 0 Å². The van der Waals surface area contributed by atoms with E-state index in [4.69, 9.17) is 34.8 Å². The second-order valence-electron chi connectivity index (χ2n) is 8.89. The summed E-state index contributed by atoms with van der Waals surface area (Å²) >= 11 is 18.4. The number of anilines is 1. The van der Waals surface area contributed by atoms with Gasteiger partial charge in [0.25, 0.3) is 15.9 Å². The van der Waals surface area contributed by atoms with E-state index >= 15 is 0 Å². The largest absolute Gasteiger partial charge is 0.318 e. The molecule has 202 valence electrons. The smallest absolute Gasteiger partial charge is 0.264 e. The highest BCUT2D eigenvalue weighted by Gasteiger charge is 2.28. The molecule has 1 amide bonds. The molecular formula is C28H25Cl3N4O3S. The Bertz CT molecular complexity index is 1650. The first-order chi connectivity index (χ1) is 18.5. The number of hydrogen-bond acceptors (Lipinski definition) is 4. The zero-order valence-corrected chi connectivity index (χ0v) is 24.4. The third kappa shape index (κ3) is 6.65. The SMILES string of the molecule is Cc1ccc(S(=O)(=O)N(CC(=O)N/N=C\c2cc(C)n(-c3cccc(Cl)c3)c2C)c2cc(Cl)cc(Cl)c2)cc1. The molecule has 0 saturated heterocycles. The number of hydrogen-bond donors (Lipinski definition) is 1. The van der Waals surface area contributed by atoms with E-state index in [0.717, 1.165) is 32.5 Å². The Morgan fingerprint density at radius 3 is 2.23 bits per heavy atom. The first-order valence-corrected chi connectivity index (χ1v) is 14.4. The average molecular weight is 604 g/mol. The summed E-state index contributed by atoms with van der Waals surface area (Å²) in [6.07, 6.45) is 1.51. The summed E-state index contributed by atoms with van der Waals surface area (Å²) in [5.74, 6) is -0.651. The number of amides is 1. The van der Waals surface area contributed by atoms with Crippen molar-refractivity contribution in [2.75, 3.05) is 10.8 Å². The zero-order chi connectivity index (χ0) is 28.3. The van der Waals surface area contributed by atoms with Gasteiger partial charge in [0.2, 0.25) is 0 Å². The number of halogens is 3. The van der Waals surface area contributed by atoms with Crippen LogP contribution in [0, 0.1) is 20.8 Å². The number of carbonyl (C=O) groups is 1. The number of aryl methyl sites for hydroxylation is 2. The summed E-state index contributed by atoms with van der Waals surface area (Å²) in [6.45, 7) is 5.18. The highest BCUT2D eigenvalue weighted by atomic mass is 35.5. The van der Waals surface area contributed by atoms with Crippen LogP contribution in [0.5, 0.6) is 0 Å². The molecule has 1 aromatic heterocycles. The van der Waals surface area contributed by atoms with Crippen molar-refractivity contribution in [1.82, 2.24) is 9.99 Å². The van der Waals surface area contributed by atoms with Crippen molar-refractivity contribution in [2.45, 2.75) is 25.7 Å². The molecule has 7 nitrogen and oxygen atoms in total. The zero-order valence-electron chi connectivity index (χ0n) is 21.3. The van der Waals surface area contributed by atoms with Crippen LogP contribution in [0.4, 0.5) is 5.69 Å². The quantitative estimate of drug-likeness (QED) is 0.180. The maximum absolute atomic E-state index is 13.6. The number of hydrazone groups is 1. The van der Waals surface area contributed by atoms with Crippen molar-refractivity contribution in [3.05, 3.63) is 110 Å².